The van der Waals surface area contributed by atoms with E-state index in [9.17, 15) is 14.3 Å². The van der Waals surface area contributed by atoms with Gasteiger partial charge in [-0.1, -0.05) is 32.6 Å². The third kappa shape index (κ3) is 10.4. The molecule has 1 aromatic heterocycles. The second-order valence-corrected chi connectivity index (χ2v) is 16.9. The zero-order chi connectivity index (χ0) is 28.3. The Bertz CT molecular complexity index is 1120. The number of thiazole rings is 1. The number of halogens is 1. The van der Waals surface area contributed by atoms with E-state index in [1.807, 2.05) is 19.0 Å². The third-order valence-corrected chi connectivity index (χ3v) is 12.0. The number of carboxylic acid groups (broad SMARTS) is 1. The quantitative estimate of drug-likeness (QED) is 0.163. The number of unbranched alkanes of at least 4 members (excludes halogenated alkanes) is 1. The first-order chi connectivity index (χ1) is 17.8. The van der Waals surface area contributed by atoms with Gasteiger partial charge >= 0.3 is 5.97 Å². The summed E-state index contributed by atoms with van der Waals surface area (Å²) in [7, 11) is 2.11. The van der Waals surface area contributed by atoms with Crippen LogP contribution in [0.4, 0.5) is 9.52 Å². The van der Waals surface area contributed by atoms with Gasteiger partial charge in [0.2, 0.25) is 0 Å². The van der Waals surface area contributed by atoms with E-state index in [1.165, 1.54) is 17.4 Å². The Morgan fingerprint density at radius 3 is 2.58 bits per heavy atom. The molecule has 0 aliphatic rings. The molecular formula is C28H42FN3O4SSi. The minimum atomic E-state index is -1.73. The summed E-state index contributed by atoms with van der Waals surface area (Å²) in [5.74, 6) is 4.54. The largest absolute Gasteiger partial charge is 0.491 e. The molecular weight excluding hydrogens is 521 g/mol. The second kappa shape index (κ2) is 14.6. The van der Waals surface area contributed by atoms with E-state index in [0.717, 1.165) is 19.4 Å². The highest BCUT2D eigenvalue weighted by atomic mass is 32.1. The van der Waals surface area contributed by atoms with E-state index >= 15 is 0 Å². The van der Waals surface area contributed by atoms with Gasteiger partial charge in [0, 0.05) is 23.6 Å². The molecule has 1 aromatic carbocycles. The number of carboxylic acids is 1. The average molecular weight is 564 g/mol. The van der Waals surface area contributed by atoms with Crippen LogP contribution in [0.3, 0.4) is 0 Å². The van der Waals surface area contributed by atoms with Crippen molar-refractivity contribution in [2.45, 2.75) is 64.6 Å². The summed E-state index contributed by atoms with van der Waals surface area (Å²) < 4.78 is 26.2. The third-order valence-electron chi connectivity index (χ3n) is 6.38. The van der Waals surface area contributed by atoms with Gasteiger partial charge in [0.05, 0.1) is 13.2 Å². The Hall–Kier alpha value is -2.45. The van der Waals surface area contributed by atoms with E-state index in [-0.39, 0.29) is 23.1 Å². The molecule has 7 nitrogen and oxygen atoms in total. The van der Waals surface area contributed by atoms with Crippen molar-refractivity contribution in [1.29, 1.82) is 0 Å². The van der Waals surface area contributed by atoms with Gasteiger partial charge in [0.15, 0.2) is 30.7 Å². The van der Waals surface area contributed by atoms with Gasteiger partial charge in [-0.25, -0.2) is 14.2 Å². The molecule has 2 aromatic rings. The summed E-state index contributed by atoms with van der Waals surface area (Å²) in [6.45, 7) is 13.5. The van der Waals surface area contributed by atoms with Crippen LogP contribution in [0.25, 0.3) is 0 Å². The molecule has 0 amide bonds. The second-order valence-electron chi connectivity index (χ2n) is 11.0. The van der Waals surface area contributed by atoms with E-state index in [4.69, 9.17) is 9.16 Å². The minimum Gasteiger partial charge on any atom is -0.491 e. The molecule has 0 unspecified atom stereocenters. The first-order valence-corrected chi connectivity index (χ1v) is 16.7. The summed E-state index contributed by atoms with van der Waals surface area (Å²) in [5, 5.41) is 13.6. The lowest BCUT2D eigenvalue weighted by Gasteiger charge is -2.36. The smallest absolute Gasteiger partial charge is 0.355 e. The Labute approximate surface area is 231 Å². The van der Waals surface area contributed by atoms with Crippen LogP contribution in [0.5, 0.6) is 5.75 Å². The van der Waals surface area contributed by atoms with Crippen molar-refractivity contribution in [1.82, 2.24) is 9.88 Å². The first kappa shape index (κ1) is 31.8. The minimum absolute atomic E-state index is 0.0607. The van der Waals surface area contributed by atoms with Crippen LogP contribution >= 0.6 is 11.3 Å². The topological polar surface area (TPSA) is 83.9 Å². The summed E-state index contributed by atoms with van der Waals surface area (Å²) in [6, 6.07) is 4.66. The van der Waals surface area contributed by atoms with Gasteiger partial charge in [0.25, 0.3) is 0 Å². The van der Waals surface area contributed by atoms with Gasteiger partial charge in [-0.05, 0) is 76.1 Å². The van der Waals surface area contributed by atoms with E-state index in [0.29, 0.717) is 41.5 Å². The standard InChI is InChI=1S/C28H42FN3O4SSi/c1-28(2,3)38(6,7)36-19-9-8-16-30-27-31-25(26(33)34)24(37-27)13-11-18-35-23-15-14-21(20-22(23)29)12-10-17-32(4)5/h14-15,20H,8-9,11,13,16-19H2,1-7H3,(H,30,31)(H,33,34). The molecule has 38 heavy (non-hydrogen) atoms. The van der Waals surface area contributed by atoms with Crippen LogP contribution in [-0.4, -0.2) is 69.7 Å². The van der Waals surface area contributed by atoms with Gasteiger partial charge in [-0.15, -0.1) is 11.3 Å². The number of aromatic nitrogens is 1. The predicted molar refractivity (Wildman–Crippen MR) is 156 cm³/mol. The number of ether oxygens (including phenoxy) is 1. The van der Waals surface area contributed by atoms with Crippen LogP contribution in [0.1, 0.15) is 61.0 Å². The molecule has 0 fully saturated rings. The Kier molecular flexibility index (Phi) is 12.2. The fourth-order valence-corrected chi connectivity index (χ4v) is 5.25. The molecule has 1 heterocycles. The summed E-state index contributed by atoms with van der Waals surface area (Å²) in [5.41, 5.74) is 0.654. The lowest BCUT2D eigenvalue weighted by atomic mass is 10.2. The SMILES string of the molecule is CN(C)CC#Cc1ccc(OCCCc2sc(NCCCCO[Si](C)(C)C(C)(C)C)nc2C(=O)O)c(F)c1. The molecule has 0 saturated heterocycles. The number of benzene rings is 1. The molecule has 2 rings (SSSR count). The van der Waals surface area contributed by atoms with E-state index in [1.54, 1.807) is 12.1 Å². The molecule has 2 N–H and O–H groups in total. The highest BCUT2D eigenvalue weighted by Gasteiger charge is 2.36. The Morgan fingerprint density at radius 1 is 1.21 bits per heavy atom. The number of hydrogen-bond donors (Lipinski definition) is 2. The normalized spacial score (nSPS) is 11.8. The van der Waals surface area contributed by atoms with Gasteiger partial charge in [-0.3, -0.25) is 4.90 Å². The van der Waals surface area contributed by atoms with Crippen LogP contribution in [-0.2, 0) is 10.8 Å². The maximum atomic E-state index is 14.4. The van der Waals surface area contributed by atoms with Crippen molar-refractivity contribution in [2.75, 3.05) is 45.7 Å². The molecule has 0 atom stereocenters. The van der Waals surface area contributed by atoms with Crippen molar-refractivity contribution in [3.05, 3.63) is 40.2 Å². The number of nitrogens with zero attached hydrogens (tertiary/aromatic N) is 2. The van der Waals surface area contributed by atoms with Crippen LogP contribution in [0.2, 0.25) is 18.1 Å². The summed E-state index contributed by atoms with van der Waals surface area (Å²) in [6.07, 6.45) is 2.86. The fourth-order valence-electron chi connectivity index (χ4n) is 3.14. The highest BCUT2D eigenvalue weighted by Crippen LogP contribution is 2.36. The number of aryl methyl sites for hydroxylation is 1. The van der Waals surface area contributed by atoms with Gasteiger partial charge in [0.1, 0.15) is 0 Å². The first-order valence-electron chi connectivity index (χ1n) is 13.0. The number of aromatic carboxylic acids is 1. The van der Waals surface area contributed by atoms with Crippen LogP contribution in [0.15, 0.2) is 18.2 Å². The Morgan fingerprint density at radius 2 is 1.95 bits per heavy atom. The fraction of sp³-hybridized carbons (Fsp3) is 0.571. The predicted octanol–water partition coefficient (Wildman–Crippen LogP) is 6.12. The highest BCUT2D eigenvalue weighted by molar-refractivity contribution is 7.15. The van der Waals surface area contributed by atoms with E-state index < -0.39 is 20.1 Å². The van der Waals surface area contributed by atoms with Gasteiger partial charge in [-0.2, -0.15) is 0 Å². The van der Waals surface area contributed by atoms with E-state index in [2.05, 4.69) is 56.0 Å². The number of nitrogens with one attached hydrogen (secondary N) is 1. The van der Waals surface area contributed by atoms with Crippen LogP contribution < -0.4 is 10.1 Å². The van der Waals surface area contributed by atoms with Crippen molar-refractivity contribution in [3.63, 3.8) is 0 Å². The zero-order valence-electron chi connectivity index (χ0n) is 23.7. The molecule has 0 aliphatic heterocycles. The number of rotatable bonds is 14. The van der Waals surface area contributed by atoms with Crippen molar-refractivity contribution >= 4 is 30.8 Å². The molecule has 210 valence electrons. The number of hydrogen-bond acceptors (Lipinski definition) is 7. The lowest BCUT2D eigenvalue weighted by molar-refractivity contribution is 0.0690. The molecule has 10 heteroatoms. The maximum absolute atomic E-state index is 14.4. The summed E-state index contributed by atoms with van der Waals surface area (Å²) >= 11 is 1.34. The van der Waals surface area contributed by atoms with Crippen molar-refractivity contribution in [2.24, 2.45) is 0 Å². The molecule has 0 bridgehead atoms. The lowest BCUT2D eigenvalue weighted by Crippen LogP contribution is -2.41. The monoisotopic (exact) mass is 563 g/mol. The Balaban J connectivity index is 1.79. The van der Waals surface area contributed by atoms with Gasteiger partial charge < -0.3 is 19.6 Å². The van der Waals surface area contributed by atoms with Crippen LogP contribution in [0, 0.1) is 17.7 Å². The van der Waals surface area contributed by atoms with Crippen molar-refractivity contribution < 1.29 is 23.5 Å². The number of carbonyl (C=O) groups is 1. The molecule has 0 aliphatic carbocycles. The molecule has 0 radical (unpaired) electrons. The summed E-state index contributed by atoms with van der Waals surface area (Å²) in [4.78, 5) is 18.6. The van der Waals surface area contributed by atoms with Crippen molar-refractivity contribution in [3.8, 4) is 17.6 Å². The zero-order valence-corrected chi connectivity index (χ0v) is 25.6. The maximum Gasteiger partial charge on any atom is 0.355 e. The number of anilines is 1. The average Bonchev–Trinajstić information content (AvgIpc) is 3.22. The molecule has 0 spiro atoms. The molecule has 0 saturated carbocycles.